The van der Waals surface area contributed by atoms with Crippen molar-refractivity contribution in [3.63, 3.8) is 0 Å². The number of carbonyl (C=O) groups excluding carboxylic acids is 1. The smallest absolute Gasteiger partial charge is 0.321 e. The van der Waals surface area contributed by atoms with Gasteiger partial charge in [-0.1, -0.05) is 30.3 Å². The van der Waals surface area contributed by atoms with Gasteiger partial charge in [-0.05, 0) is 18.4 Å². The molecule has 1 aromatic heterocycles. The van der Waals surface area contributed by atoms with E-state index in [2.05, 4.69) is 20.6 Å². The van der Waals surface area contributed by atoms with E-state index in [0.717, 1.165) is 18.4 Å². The summed E-state index contributed by atoms with van der Waals surface area (Å²) in [5.41, 5.74) is 0.928. The van der Waals surface area contributed by atoms with E-state index in [4.69, 9.17) is 0 Å². The highest BCUT2D eigenvalue weighted by atomic mass is 16.2. The van der Waals surface area contributed by atoms with E-state index in [9.17, 15) is 4.79 Å². The molecule has 5 heteroatoms. The third-order valence-corrected chi connectivity index (χ3v) is 3.23. The first kappa shape index (κ1) is 11.6. The van der Waals surface area contributed by atoms with Crippen LogP contribution in [0.1, 0.15) is 18.4 Å². The minimum Gasteiger partial charge on any atom is -0.328 e. The zero-order valence-electron chi connectivity index (χ0n) is 10.3. The van der Waals surface area contributed by atoms with Gasteiger partial charge < -0.3 is 5.32 Å². The summed E-state index contributed by atoms with van der Waals surface area (Å²) in [5.74, 6) is 0.448. The number of rotatable bonds is 3. The Morgan fingerprint density at radius 1 is 1.16 bits per heavy atom. The van der Waals surface area contributed by atoms with Crippen LogP contribution in [0.5, 0.6) is 0 Å². The summed E-state index contributed by atoms with van der Waals surface area (Å²) >= 11 is 0. The number of benzene rings is 1. The lowest BCUT2D eigenvalue weighted by molar-refractivity contribution is 0.247. The molecule has 2 amide bonds. The Morgan fingerprint density at radius 2 is 1.95 bits per heavy atom. The fourth-order valence-electron chi connectivity index (χ4n) is 2.10. The van der Waals surface area contributed by atoms with Crippen molar-refractivity contribution in [2.45, 2.75) is 18.4 Å². The van der Waals surface area contributed by atoms with Gasteiger partial charge >= 0.3 is 6.03 Å². The average molecular weight is 254 g/mol. The van der Waals surface area contributed by atoms with Crippen molar-refractivity contribution in [3.05, 3.63) is 54.5 Å². The highest BCUT2D eigenvalue weighted by Crippen LogP contribution is 2.45. The molecule has 1 aromatic carbocycles. The van der Waals surface area contributed by atoms with Gasteiger partial charge in [-0.15, -0.1) is 0 Å². The molecule has 0 atom stereocenters. The molecule has 3 rings (SSSR count). The van der Waals surface area contributed by atoms with Crippen LogP contribution in [-0.4, -0.2) is 16.0 Å². The summed E-state index contributed by atoms with van der Waals surface area (Å²) in [6, 6.07) is 9.77. The Bertz CT molecular complexity index is 567. The Kier molecular flexibility index (Phi) is 2.87. The number of anilines is 1. The van der Waals surface area contributed by atoms with Crippen LogP contribution in [0, 0.1) is 0 Å². The Labute approximate surface area is 111 Å². The number of nitrogens with one attached hydrogen (secondary N) is 2. The van der Waals surface area contributed by atoms with Crippen LogP contribution in [0.2, 0.25) is 0 Å². The van der Waals surface area contributed by atoms with E-state index in [1.165, 1.54) is 6.20 Å². The van der Waals surface area contributed by atoms with Crippen LogP contribution in [0.3, 0.4) is 0 Å². The molecule has 0 unspecified atom stereocenters. The predicted octanol–water partition coefficient (Wildman–Crippen LogP) is 2.29. The highest BCUT2D eigenvalue weighted by Gasteiger charge is 2.45. The van der Waals surface area contributed by atoms with Crippen LogP contribution >= 0.6 is 0 Å². The lowest BCUT2D eigenvalue weighted by atomic mass is 10.1. The molecule has 2 aromatic rings. The summed E-state index contributed by atoms with van der Waals surface area (Å²) in [5, 5.41) is 5.70. The van der Waals surface area contributed by atoms with Gasteiger partial charge in [0.05, 0.1) is 11.7 Å². The molecule has 1 fully saturated rings. The lowest BCUT2D eigenvalue weighted by Gasteiger charge is -2.18. The molecule has 96 valence electrons. The number of nitrogens with zero attached hydrogens (tertiary/aromatic N) is 2. The number of hydrogen-bond donors (Lipinski definition) is 2. The molecule has 0 spiro atoms. The van der Waals surface area contributed by atoms with Gasteiger partial charge in [-0.25, -0.2) is 9.78 Å². The second kappa shape index (κ2) is 4.68. The van der Waals surface area contributed by atoms with E-state index in [1.54, 1.807) is 12.4 Å². The van der Waals surface area contributed by atoms with Crippen molar-refractivity contribution in [3.8, 4) is 0 Å². The average Bonchev–Trinajstić information content (AvgIpc) is 3.21. The molecule has 1 aliphatic carbocycles. The van der Waals surface area contributed by atoms with E-state index in [1.807, 2.05) is 30.3 Å². The van der Waals surface area contributed by atoms with Crippen molar-refractivity contribution in [1.29, 1.82) is 0 Å². The van der Waals surface area contributed by atoms with Crippen LogP contribution in [0.4, 0.5) is 10.6 Å². The summed E-state index contributed by atoms with van der Waals surface area (Å²) in [4.78, 5) is 19.9. The van der Waals surface area contributed by atoms with Gasteiger partial charge in [-0.3, -0.25) is 10.3 Å². The van der Waals surface area contributed by atoms with Crippen molar-refractivity contribution in [2.24, 2.45) is 0 Å². The van der Waals surface area contributed by atoms with Crippen LogP contribution in [0.25, 0.3) is 0 Å². The second-order valence-electron chi connectivity index (χ2n) is 4.62. The number of aromatic nitrogens is 2. The number of hydrogen-bond acceptors (Lipinski definition) is 3. The zero-order chi connectivity index (χ0) is 13.1. The van der Waals surface area contributed by atoms with Crippen LogP contribution in [0.15, 0.2) is 48.9 Å². The molecule has 1 aliphatic rings. The second-order valence-corrected chi connectivity index (χ2v) is 4.62. The van der Waals surface area contributed by atoms with Gasteiger partial charge in [0.1, 0.15) is 0 Å². The molecule has 5 nitrogen and oxygen atoms in total. The third kappa shape index (κ3) is 2.54. The monoisotopic (exact) mass is 254 g/mol. The van der Waals surface area contributed by atoms with E-state index < -0.39 is 0 Å². The van der Waals surface area contributed by atoms with Gasteiger partial charge in [0.15, 0.2) is 5.82 Å². The third-order valence-electron chi connectivity index (χ3n) is 3.23. The summed E-state index contributed by atoms with van der Waals surface area (Å²) < 4.78 is 0. The lowest BCUT2D eigenvalue weighted by Crippen LogP contribution is -2.38. The first-order valence-electron chi connectivity index (χ1n) is 6.19. The van der Waals surface area contributed by atoms with E-state index in [0.29, 0.717) is 5.82 Å². The van der Waals surface area contributed by atoms with Crippen molar-refractivity contribution in [1.82, 2.24) is 15.3 Å². The zero-order valence-corrected chi connectivity index (χ0v) is 10.3. The Morgan fingerprint density at radius 3 is 2.58 bits per heavy atom. The molecule has 0 aliphatic heterocycles. The van der Waals surface area contributed by atoms with Crippen LogP contribution < -0.4 is 10.6 Å². The summed E-state index contributed by atoms with van der Waals surface area (Å²) in [6.07, 6.45) is 6.55. The molecule has 0 bridgehead atoms. The maximum absolute atomic E-state index is 12.0. The van der Waals surface area contributed by atoms with Crippen molar-refractivity contribution < 1.29 is 4.79 Å². The minimum absolute atomic E-state index is 0.215. The van der Waals surface area contributed by atoms with Gasteiger partial charge in [0.25, 0.3) is 0 Å². The highest BCUT2D eigenvalue weighted by molar-refractivity contribution is 5.89. The fraction of sp³-hybridized carbons (Fsp3) is 0.214. The topological polar surface area (TPSA) is 66.9 Å². The first-order chi connectivity index (χ1) is 9.28. The van der Waals surface area contributed by atoms with Gasteiger partial charge in [-0.2, -0.15) is 0 Å². The van der Waals surface area contributed by atoms with Crippen molar-refractivity contribution >= 4 is 11.8 Å². The van der Waals surface area contributed by atoms with Crippen molar-refractivity contribution in [2.75, 3.05) is 5.32 Å². The number of urea groups is 1. The molecule has 1 saturated carbocycles. The SMILES string of the molecule is O=C(Nc1cnccn1)NC1(c2ccccc2)CC1. The van der Waals surface area contributed by atoms with Gasteiger partial charge in [0, 0.05) is 12.4 Å². The molecule has 0 saturated heterocycles. The molecule has 1 heterocycles. The molecular formula is C14H14N4O. The standard InChI is InChI=1S/C14H14N4O/c19-13(17-12-10-15-8-9-16-12)18-14(6-7-14)11-4-2-1-3-5-11/h1-5,8-10H,6-7H2,(H2,16,17,18,19). The summed E-state index contributed by atoms with van der Waals surface area (Å²) in [7, 11) is 0. The fourth-order valence-corrected chi connectivity index (χ4v) is 2.10. The predicted molar refractivity (Wildman–Crippen MR) is 71.5 cm³/mol. The normalized spacial score (nSPS) is 15.6. The maximum atomic E-state index is 12.0. The molecule has 19 heavy (non-hydrogen) atoms. The molecule has 2 N–H and O–H groups in total. The Balaban J connectivity index is 1.67. The maximum Gasteiger partial charge on any atom is 0.321 e. The van der Waals surface area contributed by atoms with E-state index >= 15 is 0 Å². The molecule has 0 radical (unpaired) electrons. The summed E-state index contributed by atoms with van der Waals surface area (Å²) in [6.45, 7) is 0. The molecular weight excluding hydrogens is 240 g/mol. The largest absolute Gasteiger partial charge is 0.328 e. The quantitative estimate of drug-likeness (QED) is 0.883. The van der Waals surface area contributed by atoms with Gasteiger partial charge in [0.2, 0.25) is 0 Å². The van der Waals surface area contributed by atoms with Crippen LogP contribution in [-0.2, 0) is 5.54 Å². The Hall–Kier alpha value is -2.43. The van der Waals surface area contributed by atoms with E-state index in [-0.39, 0.29) is 11.6 Å². The number of amides is 2. The minimum atomic E-state index is -0.248. The number of carbonyl (C=O) groups is 1. The first-order valence-corrected chi connectivity index (χ1v) is 6.19.